The minimum Gasteiger partial charge on any atom is -0.478 e. The Balaban J connectivity index is 3.05. The average molecular weight is 273 g/mol. The zero-order chi connectivity index (χ0) is 14.5. The molecule has 0 radical (unpaired) electrons. The molecule has 0 bridgehead atoms. The molecule has 2 N–H and O–H groups in total. The Hall–Kier alpha value is -1.82. The summed E-state index contributed by atoms with van der Waals surface area (Å²) in [6.07, 6.45) is -0.651. The predicted molar refractivity (Wildman–Crippen MR) is 66.0 cm³/mol. The molecule has 0 fully saturated rings. The fraction of sp³-hybridized carbons (Fsp3) is 0.308. The van der Waals surface area contributed by atoms with E-state index in [1.165, 1.54) is 12.1 Å². The Morgan fingerprint density at radius 2 is 2.11 bits per heavy atom. The van der Waals surface area contributed by atoms with Crippen molar-refractivity contribution in [3.8, 4) is 0 Å². The lowest BCUT2D eigenvalue weighted by atomic mass is 10.0. The number of nitrogens with one attached hydrogen (secondary N) is 1. The summed E-state index contributed by atoms with van der Waals surface area (Å²) in [4.78, 5) is 11.0. The fourth-order valence-corrected chi connectivity index (χ4v) is 1.50. The van der Waals surface area contributed by atoms with E-state index in [-0.39, 0.29) is 11.1 Å². The van der Waals surface area contributed by atoms with Crippen LogP contribution in [-0.4, -0.2) is 24.7 Å². The monoisotopic (exact) mass is 273 g/mol. The van der Waals surface area contributed by atoms with Crippen LogP contribution in [0.15, 0.2) is 24.3 Å². The fourth-order valence-electron chi connectivity index (χ4n) is 1.50. The minimum absolute atomic E-state index is 0.261. The predicted octanol–water partition coefficient (Wildman–Crippen LogP) is 3.03. The summed E-state index contributed by atoms with van der Waals surface area (Å²) in [7, 11) is 1.77. The summed E-state index contributed by atoms with van der Waals surface area (Å²) in [5.41, 5.74) is -1.05. The van der Waals surface area contributed by atoms with Gasteiger partial charge in [-0.1, -0.05) is 18.2 Å². The summed E-state index contributed by atoms with van der Waals surface area (Å²) >= 11 is 0. The van der Waals surface area contributed by atoms with Gasteiger partial charge in [-0.25, -0.2) is 4.79 Å². The Morgan fingerprint density at radius 1 is 1.42 bits per heavy atom. The van der Waals surface area contributed by atoms with E-state index in [0.29, 0.717) is 19.0 Å². The van der Waals surface area contributed by atoms with Crippen molar-refractivity contribution in [3.63, 3.8) is 0 Å². The first-order valence-corrected chi connectivity index (χ1v) is 5.62. The largest absolute Gasteiger partial charge is 0.478 e. The number of hydrogen-bond donors (Lipinski definition) is 2. The Bertz CT molecular complexity index is 481. The molecule has 0 saturated heterocycles. The van der Waals surface area contributed by atoms with E-state index in [1.54, 1.807) is 13.1 Å². The van der Waals surface area contributed by atoms with Crippen molar-refractivity contribution in [3.05, 3.63) is 41.0 Å². The zero-order valence-electron chi connectivity index (χ0n) is 10.3. The maximum absolute atomic E-state index is 12.5. The molecule has 104 valence electrons. The maximum Gasteiger partial charge on any atom is 0.416 e. The van der Waals surface area contributed by atoms with Crippen LogP contribution in [-0.2, 0) is 6.18 Å². The highest BCUT2D eigenvalue weighted by Gasteiger charge is 2.31. The smallest absolute Gasteiger partial charge is 0.416 e. The molecule has 1 aromatic rings. The first kappa shape index (κ1) is 15.2. The molecule has 0 aliphatic carbocycles. The molecular formula is C13H14F3NO2. The molecule has 0 unspecified atom stereocenters. The van der Waals surface area contributed by atoms with Gasteiger partial charge in [0.25, 0.3) is 0 Å². The van der Waals surface area contributed by atoms with Crippen molar-refractivity contribution in [1.29, 1.82) is 0 Å². The molecule has 6 heteroatoms. The molecule has 1 rings (SSSR count). The molecule has 19 heavy (non-hydrogen) atoms. The third-order valence-corrected chi connectivity index (χ3v) is 2.47. The minimum atomic E-state index is -4.54. The van der Waals surface area contributed by atoms with Gasteiger partial charge in [-0.05, 0) is 37.7 Å². The van der Waals surface area contributed by atoms with Crippen molar-refractivity contribution in [2.24, 2.45) is 0 Å². The number of hydrogen-bond acceptors (Lipinski definition) is 2. The molecule has 0 amide bonds. The molecular weight excluding hydrogens is 259 g/mol. The molecule has 0 saturated carbocycles. The van der Waals surface area contributed by atoms with Crippen LogP contribution in [0.5, 0.6) is 0 Å². The van der Waals surface area contributed by atoms with Crippen LogP contribution in [0.3, 0.4) is 0 Å². The van der Waals surface area contributed by atoms with E-state index in [2.05, 4.69) is 5.32 Å². The van der Waals surface area contributed by atoms with E-state index in [0.717, 1.165) is 6.07 Å². The summed E-state index contributed by atoms with van der Waals surface area (Å²) in [6.45, 7) is 0.708. The second-order valence-corrected chi connectivity index (χ2v) is 3.90. The van der Waals surface area contributed by atoms with Gasteiger partial charge >= 0.3 is 12.1 Å². The Labute approximate surface area is 108 Å². The van der Waals surface area contributed by atoms with Gasteiger partial charge in [0.05, 0.1) is 11.1 Å². The highest BCUT2D eigenvalue weighted by Crippen LogP contribution is 2.30. The van der Waals surface area contributed by atoms with Gasteiger partial charge in [0.2, 0.25) is 0 Å². The molecule has 0 aromatic heterocycles. The lowest BCUT2D eigenvalue weighted by Crippen LogP contribution is -2.08. The van der Waals surface area contributed by atoms with Crippen LogP contribution in [0.1, 0.15) is 27.9 Å². The average Bonchev–Trinajstić information content (AvgIpc) is 2.33. The second kappa shape index (κ2) is 6.38. The number of carboxylic acid groups (broad SMARTS) is 1. The van der Waals surface area contributed by atoms with E-state index in [4.69, 9.17) is 5.11 Å². The van der Waals surface area contributed by atoms with Gasteiger partial charge in [-0.3, -0.25) is 0 Å². The van der Waals surface area contributed by atoms with Gasteiger partial charge in [0.15, 0.2) is 0 Å². The van der Waals surface area contributed by atoms with E-state index < -0.39 is 17.7 Å². The highest BCUT2D eigenvalue weighted by molar-refractivity contribution is 5.92. The van der Waals surface area contributed by atoms with Gasteiger partial charge in [-0.2, -0.15) is 13.2 Å². The number of halogens is 3. The molecule has 0 atom stereocenters. The van der Waals surface area contributed by atoms with Gasteiger partial charge < -0.3 is 10.4 Å². The topological polar surface area (TPSA) is 49.3 Å². The van der Waals surface area contributed by atoms with Gasteiger partial charge in [-0.15, -0.1) is 0 Å². The van der Waals surface area contributed by atoms with Crippen molar-refractivity contribution in [2.45, 2.75) is 12.6 Å². The SMILES string of the molecule is CNCCC=Cc1ccc(C(F)(F)F)cc1C(=O)O. The van der Waals surface area contributed by atoms with Crippen molar-refractivity contribution in [1.82, 2.24) is 5.32 Å². The number of benzene rings is 1. The third-order valence-electron chi connectivity index (χ3n) is 2.47. The van der Waals surface area contributed by atoms with Crippen molar-refractivity contribution >= 4 is 12.0 Å². The maximum atomic E-state index is 12.5. The normalized spacial score (nSPS) is 12.0. The van der Waals surface area contributed by atoms with Gasteiger partial charge in [0, 0.05) is 0 Å². The molecule has 0 aliphatic heterocycles. The Morgan fingerprint density at radius 3 is 2.63 bits per heavy atom. The highest BCUT2D eigenvalue weighted by atomic mass is 19.4. The number of alkyl halides is 3. The van der Waals surface area contributed by atoms with Crippen LogP contribution in [0, 0.1) is 0 Å². The molecule has 3 nitrogen and oxygen atoms in total. The first-order valence-electron chi connectivity index (χ1n) is 5.62. The number of carboxylic acids is 1. The number of aromatic carboxylic acids is 1. The Kier molecular flexibility index (Phi) is 5.11. The summed E-state index contributed by atoms with van der Waals surface area (Å²) < 4.78 is 37.5. The van der Waals surface area contributed by atoms with E-state index >= 15 is 0 Å². The second-order valence-electron chi connectivity index (χ2n) is 3.90. The van der Waals surface area contributed by atoms with Crippen LogP contribution in [0.25, 0.3) is 6.08 Å². The molecule has 0 heterocycles. The number of carbonyl (C=O) groups is 1. The van der Waals surface area contributed by atoms with Crippen LogP contribution < -0.4 is 5.32 Å². The summed E-state index contributed by atoms with van der Waals surface area (Å²) in [5, 5.41) is 11.8. The quantitative estimate of drug-likeness (QED) is 0.811. The van der Waals surface area contributed by atoms with Crippen LogP contribution in [0.2, 0.25) is 0 Å². The standard InChI is InChI=1S/C13H14F3NO2/c1-17-7-3-2-4-9-5-6-10(13(14,15)16)8-11(9)12(18)19/h2,4-6,8,17H,3,7H2,1H3,(H,18,19). The summed E-state index contributed by atoms with van der Waals surface area (Å²) in [6, 6.07) is 2.70. The lowest BCUT2D eigenvalue weighted by Gasteiger charge is -2.09. The first-order chi connectivity index (χ1) is 8.86. The van der Waals surface area contributed by atoms with E-state index in [1.807, 2.05) is 0 Å². The van der Waals surface area contributed by atoms with Crippen molar-refractivity contribution < 1.29 is 23.1 Å². The van der Waals surface area contributed by atoms with Crippen LogP contribution >= 0.6 is 0 Å². The van der Waals surface area contributed by atoms with E-state index in [9.17, 15) is 18.0 Å². The third kappa shape index (κ3) is 4.40. The van der Waals surface area contributed by atoms with Gasteiger partial charge in [0.1, 0.15) is 0 Å². The van der Waals surface area contributed by atoms with Crippen molar-refractivity contribution in [2.75, 3.05) is 13.6 Å². The van der Waals surface area contributed by atoms with Crippen LogP contribution in [0.4, 0.5) is 13.2 Å². The summed E-state index contributed by atoms with van der Waals surface area (Å²) in [5.74, 6) is -1.38. The molecule has 0 aliphatic rings. The molecule has 0 spiro atoms. The molecule has 1 aromatic carbocycles. The lowest BCUT2D eigenvalue weighted by molar-refractivity contribution is -0.137. The number of rotatable bonds is 5. The zero-order valence-corrected chi connectivity index (χ0v) is 10.3.